The van der Waals surface area contributed by atoms with Crippen molar-refractivity contribution in [1.29, 1.82) is 0 Å². The van der Waals surface area contributed by atoms with Crippen LogP contribution in [0.15, 0.2) is 24.5 Å². The maximum Gasteiger partial charge on any atom is 0.253 e. The second-order valence-corrected chi connectivity index (χ2v) is 6.19. The van der Waals surface area contributed by atoms with Gasteiger partial charge in [0.25, 0.3) is 5.91 Å². The highest BCUT2D eigenvalue weighted by atomic mass is 16.3. The van der Waals surface area contributed by atoms with E-state index in [2.05, 4.69) is 11.9 Å². The van der Waals surface area contributed by atoms with Crippen molar-refractivity contribution in [3.8, 4) is 0 Å². The fraction of sp³-hybridized carbons (Fsp3) is 0.625. The zero-order valence-electron chi connectivity index (χ0n) is 12.0. The third kappa shape index (κ3) is 1.94. The summed E-state index contributed by atoms with van der Waals surface area (Å²) in [5.41, 5.74) is 0.283. The molecule has 1 amide bonds. The van der Waals surface area contributed by atoms with E-state index in [0.717, 1.165) is 45.2 Å². The van der Waals surface area contributed by atoms with E-state index in [-0.39, 0.29) is 11.3 Å². The van der Waals surface area contributed by atoms with Gasteiger partial charge < -0.3 is 10.0 Å². The number of aliphatic hydroxyl groups is 1. The van der Waals surface area contributed by atoms with E-state index >= 15 is 0 Å². The summed E-state index contributed by atoms with van der Waals surface area (Å²) in [7, 11) is 0. The quantitative estimate of drug-likeness (QED) is 0.900. The second kappa shape index (κ2) is 4.85. The number of hydrogen-bond acceptors (Lipinski definition) is 3. The lowest BCUT2D eigenvalue weighted by molar-refractivity contribution is -0.188. The normalized spacial score (nSPS) is 28.2. The van der Waals surface area contributed by atoms with Crippen LogP contribution in [0.1, 0.15) is 49.4 Å². The summed E-state index contributed by atoms with van der Waals surface area (Å²) >= 11 is 0. The smallest absolute Gasteiger partial charge is 0.253 e. The van der Waals surface area contributed by atoms with Crippen LogP contribution < -0.4 is 0 Å². The van der Waals surface area contributed by atoms with Crippen molar-refractivity contribution in [2.45, 2.75) is 44.6 Å². The largest absolute Gasteiger partial charge is 0.389 e. The number of aromatic nitrogens is 1. The first-order valence-corrected chi connectivity index (χ1v) is 7.52. The molecule has 20 heavy (non-hydrogen) atoms. The highest BCUT2D eigenvalue weighted by molar-refractivity contribution is 5.94. The molecular formula is C16H22N2O2. The van der Waals surface area contributed by atoms with Crippen LogP contribution in [0.2, 0.25) is 0 Å². The molecule has 4 nitrogen and oxygen atoms in total. The summed E-state index contributed by atoms with van der Waals surface area (Å²) in [6, 6.07) is 3.52. The Hall–Kier alpha value is -1.42. The zero-order valence-corrected chi connectivity index (χ0v) is 12.0. The monoisotopic (exact) mass is 274 g/mol. The Bertz CT molecular complexity index is 490. The summed E-state index contributed by atoms with van der Waals surface area (Å²) in [6.07, 6.45) is 8.00. The summed E-state index contributed by atoms with van der Waals surface area (Å²) in [5, 5.41) is 10.6. The van der Waals surface area contributed by atoms with E-state index in [1.54, 1.807) is 24.5 Å². The third-order valence-electron chi connectivity index (χ3n) is 5.52. The number of amides is 1. The first-order chi connectivity index (χ1) is 9.60. The molecule has 2 aliphatic rings. The molecule has 1 aromatic rings. The molecule has 3 rings (SSSR count). The maximum atomic E-state index is 12.4. The van der Waals surface area contributed by atoms with E-state index in [0.29, 0.717) is 5.56 Å². The van der Waals surface area contributed by atoms with Gasteiger partial charge in [-0.25, -0.2) is 0 Å². The van der Waals surface area contributed by atoms with Gasteiger partial charge in [-0.05, 0) is 44.2 Å². The summed E-state index contributed by atoms with van der Waals surface area (Å²) < 4.78 is 0. The molecular weight excluding hydrogens is 252 g/mol. The molecule has 1 N–H and O–H groups in total. The zero-order chi connectivity index (χ0) is 14.2. The van der Waals surface area contributed by atoms with Crippen LogP contribution in [0.4, 0.5) is 0 Å². The van der Waals surface area contributed by atoms with Crippen molar-refractivity contribution in [3.05, 3.63) is 30.1 Å². The molecule has 1 unspecified atom stereocenters. The fourth-order valence-corrected chi connectivity index (χ4v) is 3.85. The molecule has 108 valence electrons. The fourth-order valence-electron chi connectivity index (χ4n) is 3.85. The van der Waals surface area contributed by atoms with Gasteiger partial charge in [0, 0.05) is 36.5 Å². The van der Waals surface area contributed by atoms with E-state index < -0.39 is 5.60 Å². The van der Waals surface area contributed by atoms with Crippen LogP contribution >= 0.6 is 0 Å². The van der Waals surface area contributed by atoms with Crippen LogP contribution in [0.5, 0.6) is 0 Å². The van der Waals surface area contributed by atoms with Gasteiger partial charge in [0.15, 0.2) is 0 Å². The van der Waals surface area contributed by atoms with Gasteiger partial charge in [-0.3, -0.25) is 9.78 Å². The summed E-state index contributed by atoms with van der Waals surface area (Å²) in [4.78, 5) is 18.2. The molecule has 1 saturated carbocycles. The summed E-state index contributed by atoms with van der Waals surface area (Å²) in [5.74, 6) is 0.0848. The SMILES string of the molecule is CCC1(O)CCC12CCN(C(=O)c1ccncc1)CC2. The molecule has 1 aromatic heterocycles. The molecule has 1 aliphatic carbocycles. The Kier molecular flexibility index (Phi) is 3.28. The number of nitrogens with zero attached hydrogens (tertiary/aromatic N) is 2. The molecule has 0 aromatic carbocycles. The number of carbonyl (C=O) groups excluding carboxylic acids is 1. The van der Waals surface area contributed by atoms with Crippen molar-refractivity contribution in [1.82, 2.24) is 9.88 Å². The van der Waals surface area contributed by atoms with Gasteiger partial charge in [-0.2, -0.15) is 0 Å². The molecule has 1 saturated heterocycles. The standard InChI is InChI=1S/C16H22N2O2/c1-2-16(20)6-5-15(16)7-11-18(12-8-15)14(19)13-3-9-17-10-4-13/h3-4,9-10,20H,2,5-8,11-12H2,1H3. The van der Waals surface area contributed by atoms with Crippen molar-refractivity contribution in [2.24, 2.45) is 5.41 Å². The minimum atomic E-state index is -0.487. The molecule has 0 bridgehead atoms. The minimum Gasteiger partial charge on any atom is -0.389 e. The van der Waals surface area contributed by atoms with Crippen LogP contribution in [-0.2, 0) is 0 Å². The minimum absolute atomic E-state index is 0.0662. The Morgan fingerprint density at radius 2 is 1.90 bits per heavy atom. The Morgan fingerprint density at radius 3 is 2.40 bits per heavy atom. The number of rotatable bonds is 2. The average molecular weight is 274 g/mol. The lowest BCUT2D eigenvalue weighted by Gasteiger charge is -2.59. The summed E-state index contributed by atoms with van der Waals surface area (Å²) in [6.45, 7) is 3.57. The predicted molar refractivity (Wildman–Crippen MR) is 76.3 cm³/mol. The average Bonchev–Trinajstić information content (AvgIpc) is 2.53. The van der Waals surface area contributed by atoms with Gasteiger partial charge in [-0.1, -0.05) is 6.92 Å². The van der Waals surface area contributed by atoms with Gasteiger partial charge in [-0.15, -0.1) is 0 Å². The number of carbonyl (C=O) groups is 1. The van der Waals surface area contributed by atoms with E-state index in [1.165, 1.54) is 0 Å². The number of piperidine rings is 1. The molecule has 1 spiro atoms. The topological polar surface area (TPSA) is 53.4 Å². The second-order valence-electron chi connectivity index (χ2n) is 6.19. The first kappa shape index (κ1) is 13.6. The van der Waals surface area contributed by atoms with Gasteiger partial charge >= 0.3 is 0 Å². The lowest BCUT2D eigenvalue weighted by atomic mass is 9.51. The van der Waals surface area contributed by atoms with Crippen LogP contribution in [0.3, 0.4) is 0 Å². The molecule has 1 atom stereocenters. The molecule has 2 fully saturated rings. The van der Waals surface area contributed by atoms with Crippen LogP contribution in [0.25, 0.3) is 0 Å². The molecule has 1 aliphatic heterocycles. The van der Waals surface area contributed by atoms with Gasteiger partial charge in [0.05, 0.1) is 5.60 Å². The Labute approximate surface area is 119 Å². The Morgan fingerprint density at radius 1 is 1.25 bits per heavy atom. The highest BCUT2D eigenvalue weighted by Crippen LogP contribution is 2.57. The number of hydrogen-bond donors (Lipinski definition) is 1. The molecule has 0 radical (unpaired) electrons. The van der Waals surface area contributed by atoms with E-state index in [1.807, 2.05) is 4.90 Å². The van der Waals surface area contributed by atoms with Crippen molar-refractivity contribution in [2.75, 3.05) is 13.1 Å². The van der Waals surface area contributed by atoms with Crippen LogP contribution in [0, 0.1) is 5.41 Å². The van der Waals surface area contributed by atoms with Gasteiger partial charge in [0.2, 0.25) is 0 Å². The van der Waals surface area contributed by atoms with E-state index in [9.17, 15) is 9.90 Å². The van der Waals surface area contributed by atoms with Crippen molar-refractivity contribution in [3.63, 3.8) is 0 Å². The van der Waals surface area contributed by atoms with Crippen molar-refractivity contribution < 1.29 is 9.90 Å². The molecule has 4 heteroatoms. The maximum absolute atomic E-state index is 12.4. The predicted octanol–water partition coefficient (Wildman–Crippen LogP) is 2.24. The van der Waals surface area contributed by atoms with Crippen LogP contribution in [-0.4, -0.2) is 39.6 Å². The van der Waals surface area contributed by atoms with Crippen molar-refractivity contribution >= 4 is 5.91 Å². The Balaban J connectivity index is 1.66. The van der Waals surface area contributed by atoms with E-state index in [4.69, 9.17) is 0 Å². The molecule has 2 heterocycles. The number of likely N-dealkylation sites (tertiary alicyclic amines) is 1. The highest BCUT2D eigenvalue weighted by Gasteiger charge is 2.57. The number of pyridine rings is 1. The third-order valence-corrected chi connectivity index (χ3v) is 5.52. The van der Waals surface area contributed by atoms with Gasteiger partial charge in [0.1, 0.15) is 0 Å². The first-order valence-electron chi connectivity index (χ1n) is 7.52. The lowest BCUT2D eigenvalue weighted by Crippen LogP contribution is -2.61.